The molecule has 1 aromatic rings. The van der Waals surface area contributed by atoms with E-state index in [2.05, 4.69) is 6.92 Å². The monoisotopic (exact) mass is 175 g/mol. The van der Waals surface area contributed by atoms with Crippen LogP contribution >= 0.6 is 0 Å². The summed E-state index contributed by atoms with van der Waals surface area (Å²) in [6, 6.07) is 7.17. The second-order valence-electron chi connectivity index (χ2n) is 3.27. The number of carbonyl (C=O) groups is 1. The van der Waals surface area contributed by atoms with Gasteiger partial charge in [0.2, 0.25) is 0 Å². The molecule has 0 spiro atoms. The maximum atomic E-state index is 10.9. The molecule has 1 radical (unpaired) electrons. The lowest BCUT2D eigenvalue weighted by Gasteiger charge is -2.04. The molecule has 0 aromatic heterocycles. The summed E-state index contributed by atoms with van der Waals surface area (Å²) in [6.07, 6.45) is 2.63. The fraction of sp³-hybridized carbons (Fsp3) is 0.273. The standard InChI is InChI=1S/C11H11O2/c1-8(12)9-3-2-4-11(7-9)13-10-5-6-10/h2-4,7,10H,1,5-6H2. The molecule has 0 saturated heterocycles. The van der Waals surface area contributed by atoms with Crippen LogP contribution in [-0.4, -0.2) is 11.9 Å². The molecule has 0 heterocycles. The van der Waals surface area contributed by atoms with E-state index in [4.69, 9.17) is 4.74 Å². The molecule has 1 aliphatic carbocycles. The van der Waals surface area contributed by atoms with Gasteiger partial charge in [0.1, 0.15) is 5.75 Å². The van der Waals surface area contributed by atoms with Crippen LogP contribution in [0.15, 0.2) is 24.3 Å². The molecule has 67 valence electrons. The number of rotatable bonds is 3. The van der Waals surface area contributed by atoms with E-state index in [1.54, 1.807) is 12.1 Å². The van der Waals surface area contributed by atoms with Crippen LogP contribution in [0, 0.1) is 6.92 Å². The average Bonchev–Trinajstić information content (AvgIpc) is 2.89. The summed E-state index contributed by atoms with van der Waals surface area (Å²) in [5.74, 6) is 0.609. The smallest absolute Gasteiger partial charge is 0.163 e. The quantitative estimate of drug-likeness (QED) is 0.658. The lowest BCUT2D eigenvalue weighted by molar-refractivity contribution is 0.104. The van der Waals surface area contributed by atoms with Gasteiger partial charge >= 0.3 is 0 Å². The van der Waals surface area contributed by atoms with Crippen LogP contribution in [0.2, 0.25) is 0 Å². The summed E-state index contributed by atoms with van der Waals surface area (Å²) in [5.41, 5.74) is 0.609. The minimum absolute atomic E-state index is 0.166. The summed E-state index contributed by atoms with van der Waals surface area (Å²) in [7, 11) is 0. The largest absolute Gasteiger partial charge is 0.490 e. The first-order valence-corrected chi connectivity index (χ1v) is 4.39. The third-order valence-electron chi connectivity index (χ3n) is 1.98. The van der Waals surface area contributed by atoms with Crippen molar-refractivity contribution in [1.82, 2.24) is 0 Å². The molecule has 1 saturated carbocycles. The minimum atomic E-state index is -0.166. The van der Waals surface area contributed by atoms with E-state index in [1.807, 2.05) is 12.1 Å². The highest BCUT2D eigenvalue weighted by atomic mass is 16.5. The van der Waals surface area contributed by atoms with E-state index in [0.717, 1.165) is 18.6 Å². The molecule has 0 unspecified atom stereocenters. The Balaban J connectivity index is 2.15. The fourth-order valence-corrected chi connectivity index (χ4v) is 1.12. The van der Waals surface area contributed by atoms with Crippen LogP contribution < -0.4 is 4.74 Å². The van der Waals surface area contributed by atoms with Gasteiger partial charge in [-0.1, -0.05) is 12.1 Å². The number of carbonyl (C=O) groups excluding carboxylic acids is 1. The van der Waals surface area contributed by atoms with Crippen LogP contribution in [0.5, 0.6) is 5.75 Å². The van der Waals surface area contributed by atoms with Crippen molar-refractivity contribution in [3.8, 4) is 5.75 Å². The Morgan fingerprint density at radius 2 is 2.23 bits per heavy atom. The normalized spacial score (nSPS) is 15.5. The highest BCUT2D eigenvalue weighted by Crippen LogP contribution is 2.26. The van der Waals surface area contributed by atoms with Gasteiger partial charge in [-0.05, 0) is 25.0 Å². The number of hydrogen-bond donors (Lipinski definition) is 0. The van der Waals surface area contributed by atoms with E-state index in [0.29, 0.717) is 11.7 Å². The van der Waals surface area contributed by atoms with Crippen LogP contribution in [0.3, 0.4) is 0 Å². The predicted molar refractivity (Wildman–Crippen MR) is 49.8 cm³/mol. The maximum absolute atomic E-state index is 10.9. The maximum Gasteiger partial charge on any atom is 0.163 e. The van der Waals surface area contributed by atoms with Gasteiger partial charge in [0, 0.05) is 12.5 Å². The van der Waals surface area contributed by atoms with Crippen molar-refractivity contribution in [1.29, 1.82) is 0 Å². The third-order valence-corrected chi connectivity index (χ3v) is 1.98. The molecular formula is C11H11O2. The SMILES string of the molecule is [CH2]C(=O)c1cccc(OC2CC2)c1. The van der Waals surface area contributed by atoms with Gasteiger partial charge in [0.15, 0.2) is 5.78 Å². The zero-order chi connectivity index (χ0) is 9.26. The summed E-state index contributed by atoms with van der Waals surface area (Å²) in [4.78, 5) is 10.9. The Morgan fingerprint density at radius 1 is 1.46 bits per heavy atom. The van der Waals surface area contributed by atoms with Crippen LogP contribution in [-0.2, 0) is 0 Å². The molecule has 0 bridgehead atoms. The van der Waals surface area contributed by atoms with E-state index >= 15 is 0 Å². The molecule has 0 atom stereocenters. The van der Waals surface area contributed by atoms with E-state index < -0.39 is 0 Å². The highest BCUT2D eigenvalue weighted by Gasteiger charge is 2.23. The molecule has 1 aromatic carbocycles. The molecule has 0 N–H and O–H groups in total. The van der Waals surface area contributed by atoms with Crippen molar-refractivity contribution in [3.63, 3.8) is 0 Å². The van der Waals surface area contributed by atoms with Crippen LogP contribution in [0.4, 0.5) is 0 Å². The Bertz CT molecular complexity index is 327. The third kappa shape index (κ3) is 2.08. The zero-order valence-corrected chi connectivity index (χ0v) is 7.32. The van der Waals surface area contributed by atoms with Crippen LogP contribution in [0.1, 0.15) is 23.2 Å². The van der Waals surface area contributed by atoms with Crippen molar-refractivity contribution in [2.24, 2.45) is 0 Å². The van der Waals surface area contributed by atoms with Crippen molar-refractivity contribution >= 4 is 5.78 Å². The van der Waals surface area contributed by atoms with Gasteiger partial charge in [-0.25, -0.2) is 0 Å². The Hall–Kier alpha value is -1.31. The first kappa shape index (κ1) is 8.30. The Morgan fingerprint density at radius 3 is 2.85 bits per heavy atom. The van der Waals surface area contributed by atoms with E-state index in [9.17, 15) is 4.79 Å². The number of hydrogen-bond acceptors (Lipinski definition) is 2. The first-order valence-electron chi connectivity index (χ1n) is 4.39. The average molecular weight is 175 g/mol. The van der Waals surface area contributed by atoms with Gasteiger partial charge in [-0.3, -0.25) is 4.79 Å². The predicted octanol–water partition coefficient (Wildman–Crippen LogP) is 2.24. The molecule has 0 amide bonds. The second kappa shape index (κ2) is 3.21. The highest BCUT2D eigenvalue weighted by molar-refractivity contribution is 5.99. The zero-order valence-electron chi connectivity index (χ0n) is 7.32. The minimum Gasteiger partial charge on any atom is -0.490 e. The van der Waals surface area contributed by atoms with Crippen molar-refractivity contribution < 1.29 is 9.53 Å². The summed E-state index contributed by atoms with van der Waals surface area (Å²) in [5, 5.41) is 0. The lowest BCUT2D eigenvalue weighted by Crippen LogP contribution is -1.98. The molecule has 2 nitrogen and oxygen atoms in total. The number of ether oxygens (including phenoxy) is 1. The molecule has 2 rings (SSSR count). The van der Waals surface area contributed by atoms with E-state index in [-0.39, 0.29) is 5.78 Å². The lowest BCUT2D eigenvalue weighted by atomic mass is 10.1. The van der Waals surface area contributed by atoms with Crippen molar-refractivity contribution in [3.05, 3.63) is 36.8 Å². The van der Waals surface area contributed by atoms with Crippen molar-refractivity contribution in [2.75, 3.05) is 0 Å². The molecule has 1 aliphatic rings. The van der Waals surface area contributed by atoms with Crippen LogP contribution in [0.25, 0.3) is 0 Å². The summed E-state index contributed by atoms with van der Waals surface area (Å²) in [6.45, 7) is 3.35. The molecule has 0 aliphatic heterocycles. The Labute approximate surface area is 77.5 Å². The van der Waals surface area contributed by atoms with Gasteiger partial charge in [0.05, 0.1) is 6.10 Å². The van der Waals surface area contributed by atoms with Crippen molar-refractivity contribution in [2.45, 2.75) is 18.9 Å². The van der Waals surface area contributed by atoms with Gasteiger partial charge in [0.25, 0.3) is 0 Å². The molecular weight excluding hydrogens is 164 g/mol. The van der Waals surface area contributed by atoms with Gasteiger partial charge in [-0.2, -0.15) is 0 Å². The molecule has 1 fully saturated rings. The number of ketones is 1. The number of Topliss-reactive ketones (excluding diaryl/α,β-unsaturated/α-hetero) is 1. The number of benzene rings is 1. The first-order chi connectivity index (χ1) is 6.25. The topological polar surface area (TPSA) is 26.3 Å². The van der Waals surface area contributed by atoms with E-state index in [1.165, 1.54) is 0 Å². The summed E-state index contributed by atoms with van der Waals surface area (Å²) >= 11 is 0. The fourth-order valence-electron chi connectivity index (χ4n) is 1.12. The summed E-state index contributed by atoms with van der Waals surface area (Å²) < 4.78 is 5.54. The molecule has 2 heteroatoms. The van der Waals surface area contributed by atoms with Gasteiger partial charge in [-0.15, -0.1) is 0 Å². The van der Waals surface area contributed by atoms with Gasteiger partial charge < -0.3 is 4.74 Å². The molecule has 13 heavy (non-hydrogen) atoms. The second-order valence-corrected chi connectivity index (χ2v) is 3.27. The Kier molecular flexibility index (Phi) is 2.05.